The minimum atomic E-state index is -4.31. The molecule has 0 bridgehead atoms. The molecule has 2 aromatic carbocycles. The monoisotopic (exact) mass is 309 g/mol. The molecule has 110 valence electrons. The van der Waals surface area contributed by atoms with E-state index in [4.69, 9.17) is 0 Å². The van der Waals surface area contributed by atoms with Crippen LogP contribution in [0.25, 0.3) is 0 Å². The van der Waals surface area contributed by atoms with Gasteiger partial charge >= 0.3 is 6.18 Å². The van der Waals surface area contributed by atoms with Crippen molar-refractivity contribution in [3.63, 3.8) is 0 Å². The fraction of sp³-hybridized carbons (Fsp3) is 0.250. The van der Waals surface area contributed by atoms with Crippen LogP contribution in [0, 0.1) is 6.92 Å². The predicted octanol–water partition coefficient (Wildman–Crippen LogP) is 5.27. The van der Waals surface area contributed by atoms with Gasteiger partial charge in [0, 0.05) is 16.3 Å². The summed E-state index contributed by atoms with van der Waals surface area (Å²) in [6.45, 7) is 1.82. The van der Waals surface area contributed by atoms with E-state index >= 15 is 0 Å². The zero-order valence-corrected chi connectivity index (χ0v) is 12.2. The van der Waals surface area contributed by atoms with Gasteiger partial charge in [0.1, 0.15) is 0 Å². The molecule has 1 unspecified atom stereocenters. The number of hydrogen-bond acceptors (Lipinski definition) is 2. The van der Waals surface area contributed by atoms with Crippen LogP contribution in [0.4, 0.5) is 18.9 Å². The number of nitrogens with one attached hydrogen (secondary N) is 1. The summed E-state index contributed by atoms with van der Waals surface area (Å²) in [5.41, 5.74) is 1.90. The Balaban J connectivity index is 1.89. The molecule has 0 amide bonds. The lowest BCUT2D eigenvalue weighted by Crippen LogP contribution is -2.12. The number of thioether (sulfide) groups is 1. The molecule has 0 aromatic heterocycles. The number of rotatable bonds is 2. The van der Waals surface area contributed by atoms with E-state index in [1.165, 1.54) is 17.0 Å². The lowest BCUT2D eigenvalue weighted by atomic mass is 10.1. The number of hydrogen-bond donors (Lipinski definition) is 1. The maximum absolute atomic E-state index is 12.8. The van der Waals surface area contributed by atoms with Gasteiger partial charge in [-0.05, 0) is 36.2 Å². The number of aryl methyl sites for hydroxylation is 1. The maximum Gasteiger partial charge on any atom is 0.416 e. The predicted molar refractivity (Wildman–Crippen MR) is 79.7 cm³/mol. The number of halogens is 3. The van der Waals surface area contributed by atoms with Gasteiger partial charge in [0.15, 0.2) is 0 Å². The van der Waals surface area contributed by atoms with Crippen LogP contribution >= 0.6 is 11.8 Å². The zero-order chi connectivity index (χ0) is 15.0. The van der Waals surface area contributed by atoms with E-state index in [0.29, 0.717) is 5.69 Å². The second kappa shape index (κ2) is 5.30. The minimum absolute atomic E-state index is 0.0494. The molecular formula is C16H14F3NS. The molecule has 2 aromatic rings. The third kappa shape index (κ3) is 2.88. The molecule has 3 rings (SSSR count). The van der Waals surface area contributed by atoms with Crippen LogP contribution in [0.3, 0.4) is 0 Å². The molecule has 0 radical (unpaired) electrons. The van der Waals surface area contributed by atoms with Crippen molar-refractivity contribution < 1.29 is 13.2 Å². The fourth-order valence-electron chi connectivity index (χ4n) is 2.42. The van der Waals surface area contributed by atoms with E-state index in [1.807, 2.05) is 31.2 Å². The Morgan fingerprint density at radius 1 is 1.14 bits per heavy atom. The molecular weight excluding hydrogens is 295 g/mol. The topological polar surface area (TPSA) is 12.0 Å². The van der Waals surface area contributed by atoms with Crippen molar-refractivity contribution in [1.82, 2.24) is 0 Å². The molecule has 1 aliphatic rings. The SMILES string of the molecule is Cc1ccc(C(F)(F)F)cc1NC1CSc2ccccc21. The normalized spacial score (nSPS) is 17.6. The van der Waals surface area contributed by atoms with Crippen molar-refractivity contribution in [3.8, 4) is 0 Å². The van der Waals surface area contributed by atoms with E-state index in [1.54, 1.807) is 11.8 Å². The molecule has 0 aliphatic carbocycles. The van der Waals surface area contributed by atoms with Crippen molar-refractivity contribution >= 4 is 17.4 Å². The molecule has 1 N–H and O–H groups in total. The van der Waals surface area contributed by atoms with Gasteiger partial charge in [-0.15, -0.1) is 11.8 Å². The van der Waals surface area contributed by atoms with Crippen LogP contribution in [0.2, 0.25) is 0 Å². The number of fused-ring (bicyclic) bond motifs is 1. The van der Waals surface area contributed by atoms with Crippen LogP contribution in [-0.4, -0.2) is 5.75 Å². The molecule has 1 atom stereocenters. The number of alkyl halides is 3. The average molecular weight is 309 g/mol. The second-order valence-corrected chi connectivity index (χ2v) is 6.14. The van der Waals surface area contributed by atoms with Gasteiger partial charge in [-0.2, -0.15) is 13.2 Å². The first-order valence-corrected chi connectivity index (χ1v) is 7.60. The maximum atomic E-state index is 12.8. The number of benzene rings is 2. The molecule has 0 fully saturated rings. The molecule has 1 heterocycles. The summed E-state index contributed by atoms with van der Waals surface area (Å²) in [6.07, 6.45) is -4.31. The molecule has 1 aliphatic heterocycles. The smallest absolute Gasteiger partial charge is 0.377 e. The summed E-state index contributed by atoms with van der Waals surface area (Å²) < 4.78 is 38.5. The second-order valence-electron chi connectivity index (χ2n) is 5.07. The summed E-state index contributed by atoms with van der Waals surface area (Å²) in [6, 6.07) is 11.9. The van der Waals surface area contributed by atoms with Gasteiger partial charge in [-0.25, -0.2) is 0 Å². The first-order valence-electron chi connectivity index (χ1n) is 6.61. The Labute approximate surface area is 125 Å². The Kier molecular flexibility index (Phi) is 3.61. The molecule has 0 saturated heterocycles. The van der Waals surface area contributed by atoms with E-state index < -0.39 is 11.7 Å². The van der Waals surface area contributed by atoms with Crippen molar-refractivity contribution in [2.24, 2.45) is 0 Å². The number of anilines is 1. The van der Waals surface area contributed by atoms with Crippen LogP contribution in [0.5, 0.6) is 0 Å². The quantitative estimate of drug-likeness (QED) is 0.810. The highest BCUT2D eigenvalue weighted by Crippen LogP contribution is 2.40. The summed E-state index contributed by atoms with van der Waals surface area (Å²) in [5, 5.41) is 3.26. The van der Waals surface area contributed by atoms with Gasteiger partial charge in [0.2, 0.25) is 0 Å². The summed E-state index contributed by atoms with van der Waals surface area (Å²) in [7, 11) is 0. The zero-order valence-electron chi connectivity index (χ0n) is 11.4. The standard InChI is InChI=1S/C16H14F3NS/c1-10-6-7-11(16(17,18)19)8-13(10)20-14-9-21-15-5-3-2-4-12(14)15/h2-8,14,20H,9H2,1H3. The summed E-state index contributed by atoms with van der Waals surface area (Å²) in [5.74, 6) is 0.828. The van der Waals surface area contributed by atoms with Crippen LogP contribution in [0.1, 0.15) is 22.7 Å². The third-order valence-corrected chi connectivity index (χ3v) is 4.78. The Morgan fingerprint density at radius 2 is 1.90 bits per heavy atom. The highest BCUT2D eigenvalue weighted by Gasteiger charge is 2.31. The van der Waals surface area contributed by atoms with Gasteiger partial charge in [-0.3, -0.25) is 0 Å². The van der Waals surface area contributed by atoms with Gasteiger partial charge in [-0.1, -0.05) is 24.3 Å². The third-order valence-electron chi connectivity index (χ3n) is 3.59. The largest absolute Gasteiger partial charge is 0.416 e. The van der Waals surface area contributed by atoms with Crippen molar-refractivity contribution in [3.05, 3.63) is 59.2 Å². The van der Waals surface area contributed by atoms with Crippen LogP contribution in [-0.2, 0) is 6.18 Å². The van der Waals surface area contributed by atoms with Gasteiger partial charge in [0.05, 0.1) is 11.6 Å². The van der Waals surface area contributed by atoms with Crippen LogP contribution in [0.15, 0.2) is 47.4 Å². The highest BCUT2D eigenvalue weighted by molar-refractivity contribution is 7.99. The van der Waals surface area contributed by atoms with E-state index in [-0.39, 0.29) is 6.04 Å². The Morgan fingerprint density at radius 3 is 2.67 bits per heavy atom. The van der Waals surface area contributed by atoms with Gasteiger partial charge in [0.25, 0.3) is 0 Å². The molecule has 1 nitrogen and oxygen atoms in total. The van der Waals surface area contributed by atoms with Gasteiger partial charge < -0.3 is 5.32 Å². The van der Waals surface area contributed by atoms with E-state index in [9.17, 15) is 13.2 Å². The molecule has 0 saturated carbocycles. The minimum Gasteiger partial charge on any atom is -0.377 e. The van der Waals surface area contributed by atoms with E-state index in [2.05, 4.69) is 5.32 Å². The Hall–Kier alpha value is -1.62. The van der Waals surface area contributed by atoms with Crippen molar-refractivity contribution in [1.29, 1.82) is 0 Å². The lowest BCUT2D eigenvalue weighted by Gasteiger charge is -2.18. The highest BCUT2D eigenvalue weighted by atomic mass is 32.2. The first-order chi connectivity index (χ1) is 9.95. The average Bonchev–Trinajstić information content (AvgIpc) is 2.83. The lowest BCUT2D eigenvalue weighted by molar-refractivity contribution is -0.137. The van der Waals surface area contributed by atoms with Crippen molar-refractivity contribution in [2.45, 2.75) is 24.0 Å². The molecule has 0 spiro atoms. The van der Waals surface area contributed by atoms with Crippen molar-refractivity contribution in [2.75, 3.05) is 11.1 Å². The molecule has 21 heavy (non-hydrogen) atoms. The fourth-order valence-corrected chi connectivity index (χ4v) is 3.58. The van der Waals surface area contributed by atoms with Crippen LogP contribution < -0.4 is 5.32 Å². The summed E-state index contributed by atoms with van der Waals surface area (Å²) >= 11 is 1.73. The first kappa shape index (κ1) is 14.3. The Bertz CT molecular complexity index is 667. The summed E-state index contributed by atoms with van der Waals surface area (Å²) in [4.78, 5) is 1.19. The van der Waals surface area contributed by atoms with E-state index in [0.717, 1.165) is 22.9 Å². The molecule has 5 heteroatoms.